The summed E-state index contributed by atoms with van der Waals surface area (Å²) in [5, 5.41) is 6.02. The maximum Gasteiger partial charge on any atom is 0.331 e. The molecule has 37 heavy (non-hydrogen) atoms. The van der Waals surface area contributed by atoms with Gasteiger partial charge in [-0.15, -0.1) is 11.8 Å². The smallest absolute Gasteiger partial charge is 0.326 e. The Bertz CT molecular complexity index is 1530. The van der Waals surface area contributed by atoms with E-state index < -0.39 is 11.2 Å². The first kappa shape index (κ1) is 26.0. The summed E-state index contributed by atoms with van der Waals surface area (Å²) in [6, 6.07) is 23.4. The Morgan fingerprint density at radius 3 is 2.27 bits per heavy atom. The number of unbranched alkanes of at least 4 members (excludes halogenated alkanes) is 1. The van der Waals surface area contributed by atoms with Crippen molar-refractivity contribution in [2.45, 2.75) is 37.2 Å². The number of nitrogens with zero attached hydrogens (tertiary/aromatic N) is 2. The lowest BCUT2D eigenvalue weighted by atomic mass is 10.2. The molecular formula is C28H28N4O4S. The van der Waals surface area contributed by atoms with Gasteiger partial charge in [-0.1, -0.05) is 36.4 Å². The summed E-state index contributed by atoms with van der Waals surface area (Å²) in [4.78, 5) is 52.5. The van der Waals surface area contributed by atoms with Crippen LogP contribution >= 0.6 is 11.8 Å². The fraction of sp³-hybridized carbons (Fsp3) is 0.214. The number of hydrogen-bond donors (Lipinski definition) is 2. The minimum absolute atomic E-state index is 0.128. The molecule has 1 heterocycles. The lowest BCUT2D eigenvalue weighted by Crippen LogP contribution is -2.41. The van der Waals surface area contributed by atoms with Crippen LogP contribution in [0.4, 0.5) is 11.4 Å². The summed E-state index contributed by atoms with van der Waals surface area (Å²) in [5.41, 5.74) is 0.809. The molecule has 2 amide bonds. The standard InChI is InChI=1S/C28H28N4O4S/c1-37-22-13-9-12-21(18-22)30-26(34)19-32-24-15-6-5-14-23(24)27(35)31(28(32)36)17-8-7-16-25(33)29-20-10-3-2-4-11-20/h2-6,9-15,18H,7-8,16-17,19H2,1H3,(H,29,33)(H,30,34). The first-order chi connectivity index (χ1) is 18.0. The summed E-state index contributed by atoms with van der Waals surface area (Å²) in [7, 11) is 0. The first-order valence-electron chi connectivity index (χ1n) is 12.0. The van der Waals surface area contributed by atoms with Gasteiger partial charge in [-0.05, 0) is 61.6 Å². The lowest BCUT2D eigenvalue weighted by Gasteiger charge is -2.14. The number of carbonyl (C=O) groups is 2. The monoisotopic (exact) mass is 516 g/mol. The summed E-state index contributed by atoms with van der Waals surface area (Å²) < 4.78 is 2.48. The summed E-state index contributed by atoms with van der Waals surface area (Å²) in [6.07, 6.45) is 3.18. The zero-order valence-electron chi connectivity index (χ0n) is 20.5. The number of hydrogen-bond acceptors (Lipinski definition) is 5. The molecule has 0 atom stereocenters. The summed E-state index contributed by atoms with van der Waals surface area (Å²) >= 11 is 1.56. The van der Waals surface area contributed by atoms with Crippen LogP contribution in [0.1, 0.15) is 19.3 Å². The van der Waals surface area contributed by atoms with E-state index in [-0.39, 0.29) is 31.3 Å². The fourth-order valence-corrected chi connectivity index (χ4v) is 4.53. The van der Waals surface area contributed by atoms with Crippen LogP contribution in [0.5, 0.6) is 0 Å². The average molecular weight is 517 g/mol. The van der Waals surface area contributed by atoms with E-state index in [1.807, 2.05) is 54.8 Å². The second-order valence-electron chi connectivity index (χ2n) is 8.49. The van der Waals surface area contributed by atoms with Gasteiger partial charge in [0.15, 0.2) is 0 Å². The number of nitrogens with one attached hydrogen (secondary N) is 2. The van der Waals surface area contributed by atoms with Crippen LogP contribution in [0, 0.1) is 0 Å². The maximum absolute atomic E-state index is 13.3. The van der Waals surface area contributed by atoms with Crippen molar-refractivity contribution in [2.24, 2.45) is 0 Å². The van der Waals surface area contributed by atoms with Gasteiger partial charge in [-0.2, -0.15) is 0 Å². The third-order valence-electron chi connectivity index (χ3n) is 5.88. The maximum atomic E-state index is 13.3. The van der Waals surface area contributed by atoms with E-state index in [2.05, 4.69) is 10.6 Å². The van der Waals surface area contributed by atoms with Gasteiger partial charge in [-0.25, -0.2) is 4.79 Å². The summed E-state index contributed by atoms with van der Waals surface area (Å²) in [5.74, 6) is -0.495. The molecule has 4 rings (SSSR count). The van der Waals surface area contributed by atoms with Gasteiger partial charge in [0.25, 0.3) is 5.56 Å². The molecule has 0 aliphatic carbocycles. The van der Waals surface area contributed by atoms with E-state index in [4.69, 9.17) is 0 Å². The Morgan fingerprint density at radius 2 is 1.49 bits per heavy atom. The minimum atomic E-state index is -0.551. The van der Waals surface area contributed by atoms with Gasteiger partial charge in [0.05, 0.1) is 10.9 Å². The lowest BCUT2D eigenvalue weighted by molar-refractivity contribution is -0.117. The largest absolute Gasteiger partial charge is 0.331 e. The van der Waals surface area contributed by atoms with Gasteiger partial charge in [0.2, 0.25) is 11.8 Å². The molecule has 0 unspecified atom stereocenters. The molecule has 4 aromatic rings. The van der Waals surface area contributed by atoms with Gasteiger partial charge < -0.3 is 10.6 Å². The Kier molecular flexibility index (Phi) is 8.58. The molecule has 0 bridgehead atoms. The van der Waals surface area contributed by atoms with Crippen molar-refractivity contribution < 1.29 is 9.59 Å². The number of carbonyl (C=O) groups excluding carboxylic acids is 2. The summed E-state index contributed by atoms with van der Waals surface area (Å²) in [6.45, 7) is -0.0822. The third-order valence-corrected chi connectivity index (χ3v) is 6.61. The van der Waals surface area contributed by atoms with E-state index in [1.54, 1.807) is 42.1 Å². The minimum Gasteiger partial charge on any atom is -0.326 e. The quantitative estimate of drug-likeness (QED) is 0.241. The Hall–Kier alpha value is -4.11. The highest BCUT2D eigenvalue weighted by Crippen LogP contribution is 2.19. The molecule has 0 spiro atoms. The number of thioether (sulfide) groups is 1. The van der Waals surface area contributed by atoms with Gasteiger partial charge >= 0.3 is 5.69 Å². The zero-order chi connectivity index (χ0) is 26.2. The molecule has 0 radical (unpaired) electrons. The SMILES string of the molecule is CSc1cccc(NC(=O)Cn2c(=O)n(CCCCC(=O)Nc3ccccc3)c(=O)c3ccccc32)c1. The van der Waals surface area contributed by atoms with E-state index in [0.717, 1.165) is 15.1 Å². The second-order valence-corrected chi connectivity index (χ2v) is 9.37. The van der Waals surface area contributed by atoms with Crippen molar-refractivity contribution in [3.05, 3.63) is 99.7 Å². The molecule has 0 saturated carbocycles. The van der Waals surface area contributed by atoms with Crippen LogP contribution in [-0.2, 0) is 22.7 Å². The predicted octanol–water partition coefficient (Wildman–Crippen LogP) is 4.33. The molecule has 3 aromatic carbocycles. The predicted molar refractivity (Wildman–Crippen MR) is 148 cm³/mol. The van der Waals surface area contributed by atoms with E-state index in [0.29, 0.717) is 29.4 Å². The average Bonchev–Trinajstić information content (AvgIpc) is 2.91. The van der Waals surface area contributed by atoms with Crippen molar-refractivity contribution in [2.75, 3.05) is 16.9 Å². The molecule has 0 saturated heterocycles. The number of anilines is 2. The number of fused-ring (bicyclic) bond motifs is 1. The Balaban J connectivity index is 1.48. The molecule has 0 aliphatic rings. The zero-order valence-corrected chi connectivity index (χ0v) is 21.3. The Morgan fingerprint density at radius 1 is 0.784 bits per heavy atom. The normalized spacial score (nSPS) is 10.8. The highest BCUT2D eigenvalue weighted by Gasteiger charge is 2.15. The highest BCUT2D eigenvalue weighted by molar-refractivity contribution is 7.98. The number of para-hydroxylation sites is 2. The van der Waals surface area contributed by atoms with Crippen molar-refractivity contribution in [3.8, 4) is 0 Å². The van der Waals surface area contributed by atoms with Gasteiger partial charge in [0, 0.05) is 29.2 Å². The molecule has 8 nitrogen and oxygen atoms in total. The second kappa shape index (κ2) is 12.2. The number of amides is 2. The van der Waals surface area contributed by atoms with Crippen molar-refractivity contribution >= 4 is 45.9 Å². The number of benzene rings is 3. The van der Waals surface area contributed by atoms with Crippen LogP contribution in [0.3, 0.4) is 0 Å². The molecular weight excluding hydrogens is 488 g/mol. The van der Waals surface area contributed by atoms with Crippen LogP contribution in [0.15, 0.2) is 93.3 Å². The third kappa shape index (κ3) is 6.56. The van der Waals surface area contributed by atoms with Crippen molar-refractivity contribution in [3.63, 3.8) is 0 Å². The topological polar surface area (TPSA) is 102 Å². The van der Waals surface area contributed by atoms with E-state index in [1.165, 1.54) is 4.57 Å². The first-order valence-corrected chi connectivity index (χ1v) is 13.2. The van der Waals surface area contributed by atoms with E-state index in [9.17, 15) is 19.2 Å². The molecule has 1 aromatic heterocycles. The number of aromatic nitrogens is 2. The van der Waals surface area contributed by atoms with Crippen LogP contribution < -0.4 is 21.9 Å². The Labute approximate surface area is 218 Å². The van der Waals surface area contributed by atoms with Crippen LogP contribution in [-0.4, -0.2) is 27.2 Å². The van der Waals surface area contributed by atoms with Gasteiger partial charge in [0.1, 0.15) is 6.54 Å². The van der Waals surface area contributed by atoms with Crippen LogP contribution in [0.25, 0.3) is 10.9 Å². The molecule has 2 N–H and O–H groups in total. The van der Waals surface area contributed by atoms with Gasteiger partial charge in [-0.3, -0.25) is 23.5 Å². The molecule has 0 fully saturated rings. The van der Waals surface area contributed by atoms with E-state index >= 15 is 0 Å². The number of rotatable bonds is 10. The molecule has 190 valence electrons. The van der Waals surface area contributed by atoms with Crippen molar-refractivity contribution in [1.29, 1.82) is 0 Å². The van der Waals surface area contributed by atoms with Crippen LogP contribution in [0.2, 0.25) is 0 Å². The molecule has 9 heteroatoms. The fourth-order valence-electron chi connectivity index (χ4n) is 4.07. The highest BCUT2D eigenvalue weighted by atomic mass is 32.2. The van der Waals surface area contributed by atoms with Crippen molar-refractivity contribution in [1.82, 2.24) is 9.13 Å². The molecule has 0 aliphatic heterocycles.